The molecule has 138 valence electrons. The van der Waals surface area contributed by atoms with Crippen molar-refractivity contribution in [2.75, 3.05) is 32.8 Å². The van der Waals surface area contributed by atoms with Crippen LogP contribution in [0.3, 0.4) is 0 Å². The Kier molecular flexibility index (Phi) is 8.00. The van der Waals surface area contributed by atoms with E-state index in [1.807, 2.05) is 11.0 Å². The smallest absolute Gasteiger partial charge is 0.310 e. The van der Waals surface area contributed by atoms with Gasteiger partial charge in [0.2, 0.25) is 5.91 Å². The number of amides is 1. The first-order chi connectivity index (χ1) is 12.0. The van der Waals surface area contributed by atoms with E-state index in [1.165, 1.54) is 0 Å². The lowest BCUT2D eigenvalue weighted by atomic mass is 9.98. The predicted molar refractivity (Wildman–Crippen MR) is 99.0 cm³/mol. The third kappa shape index (κ3) is 6.49. The van der Waals surface area contributed by atoms with Crippen molar-refractivity contribution in [3.63, 3.8) is 0 Å². The van der Waals surface area contributed by atoms with E-state index in [0.717, 1.165) is 24.9 Å². The Morgan fingerprint density at radius 1 is 1.36 bits per heavy atom. The fourth-order valence-corrected chi connectivity index (χ4v) is 3.47. The van der Waals surface area contributed by atoms with E-state index < -0.39 is 0 Å². The summed E-state index contributed by atoms with van der Waals surface area (Å²) in [6.07, 6.45) is 2.37. The van der Waals surface area contributed by atoms with Crippen LogP contribution in [0, 0.1) is 5.92 Å². The number of likely N-dealkylation sites (tertiary alicyclic amines) is 1. The van der Waals surface area contributed by atoms with Gasteiger partial charge in [-0.05, 0) is 50.4 Å². The van der Waals surface area contributed by atoms with E-state index in [9.17, 15) is 9.59 Å². The van der Waals surface area contributed by atoms with Gasteiger partial charge in [-0.15, -0.1) is 0 Å². The first kappa shape index (κ1) is 20.0. The predicted octanol–water partition coefficient (Wildman–Crippen LogP) is 2.93. The average Bonchev–Trinajstić information content (AvgIpc) is 2.57. The largest absolute Gasteiger partial charge is 0.466 e. The third-order valence-corrected chi connectivity index (χ3v) is 4.81. The number of piperidine rings is 1. The Balaban J connectivity index is 1.73. The van der Waals surface area contributed by atoms with Crippen molar-refractivity contribution in [2.45, 2.75) is 26.2 Å². The normalized spacial score (nSPS) is 18.0. The topological polar surface area (TPSA) is 58.6 Å². The maximum atomic E-state index is 12.1. The highest BCUT2D eigenvalue weighted by Gasteiger charge is 2.27. The van der Waals surface area contributed by atoms with Crippen LogP contribution in [0.5, 0.6) is 0 Å². The van der Waals surface area contributed by atoms with Crippen LogP contribution in [0.2, 0.25) is 10.0 Å². The number of nitrogens with zero attached hydrogens (tertiary/aromatic N) is 1. The summed E-state index contributed by atoms with van der Waals surface area (Å²) in [5, 5.41) is 4.10. The number of benzene rings is 1. The maximum Gasteiger partial charge on any atom is 0.310 e. The number of halogens is 2. The molecule has 0 radical (unpaired) electrons. The van der Waals surface area contributed by atoms with Crippen LogP contribution in [-0.4, -0.2) is 49.6 Å². The highest BCUT2D eigenvalue weighted by atomic mass is 35.5. The summed E-state index contributed by atoms with van der Waals surface area (Å²) in [5.41, 5.74) is 0.951. The summed E-state index contributed by atoms with van der Waals surface area (Å²) >= 11 is 12.0. The second-order valence-electron chi connectivity index (χ2n) is 6.16. The number of rotatable bonds is 7. The summed E-state index contributed by atoms with van der Waals surface area (Å²) in [7, 11) is 0. The zero-order chi connectivity index (χ0) is 18.2. The molecule has 7 heteroatoms. The molecule has 1 saturated heterocycles. The van der Waals surface area contributed by atoms with Gasteiger partial charge < -0.3 is 10.1 Å². The van der Waals surface area contributed by atoms with Gasteiger partial charge >= 0.3 is 5.97 Å². The molecule has 0 aromatic heterocycles. The van der Waals surface area contributed by atoms with Crippen molar-refractivity contribution in [3.05, 3.63) is 33.8 Å². The summed E-state index contributed by atoms with van der Waals surface area (Å²) in [6, 6.07) is 5.35. The molecular weight excluding hydrogens is 363 g/mol. The van der Waals surface area contributed by atoms with Gasteiger partial charge in [-0.1, -0.05) is 29.3 Å². The first-order valence-electron chi connectivity index (χ1n) is 8.59. The molecule has 1 amide bonds. The van der Waals surface area contributed by atoms with E-state index in [0.29, 0.717) is 42.7 Å². The molecule has 1 N–H and O–H groups in total. The lowest BCUT2D eigenvalue weighted by Gasteiger charge is -2.30. The van der Waals surface area contributed by atoms with E-state index in [4.69, 9.17) is 27.9 Å². The minimum atomic E-state index is -0.162. The van der Waals surface area contributed by atoms with Crippen LogP contribution in [0.1, 0.15) is 25.3 Å². The lowest BCUT2D eigenvalue weighted by Crippen LogP contribution is -2.44. The van der Waals surface area contributed by atoms with Crippen molar-refractivity contribution in [1.29, 1.82) is 0 Å². The number of nitrogens with one attached hydrogen (secondary N) is 1. The minimum absolute atomic E-state index is 0.0467. The van der Waals surface area contributed by atoms with Crippen LogP contribution in [0.15, 0.2) is 18.2 Å². The SMILES string of the molecule is CCOC(=O)[C@@H]1CCCN(CC(=O)NCCc2ccc(Cl)cc2Cl)C1. The van der Waals surface area contributed by atoms with Gasteiger partial charge in [0.15, 0.2) is 0 Å². The van der Waals surface area contributed by atoms with E-state index >= 15 is 0 Å². The van der Waals surface area contributed by atoms with Crippen molar-refractivity contribution in [1.82, 2.24) is 10.2 Å². The number of hydrogen-bond donors (Lipinski definition) is 1. The quantitative estimate of drug-likeness (QED) is 0.731. The highest BCUT2D eigenvalue weighted by Crippen LogP contribution is 2.21. The molecule has 0 spiro atoms. The van der Waals surface area contributed by atoms with Gasteiger partial charge in [0.05, 0.1) is 19.1 Å². The van der Waals surface area contributed by atoms with Crippen molar-refractivity contribution in [3.8, 4) is 0 Å². The molecule has 1 aliphatic heterocycles. The fraction of sp³-hybridized carbons (Fsp3) is 0.556. The minimum Gasteiger partial charge on any atom is -0.466 e. The Morgan fingerprint density at radius 2 is 2.16 bits per heavy atom. The number of carbonyl (C=O) groups excluding carboxylic acids is 2. The molecule has 0 unspecified atom stereocenters. The Labute approximate surface area is 158 Å². The van der Waals surface area contributed by atoms with Gasteiger partial charge in [0.1, 0.15) is 0 Å². The monoisotopic (exact) mass is 386 g/mol. The van der Waals surface area contributed by atoms with Gasteiger partial charge in [-0.25, -0.2) is 0 Å². The molecule has 1 aliphatic rings. The van der Waals surface area contributed by atoms with E-state index in [2.05, 4.69) is 5.32 Å². The van der Waals surface area contributed by atoms with Crippen LogP contribution < -0.4 is 5.32 Å². The lowest BCUT2D eigenvalue weighted by molar-refractivity contribution is -0.150. The Hall–Kier alpha value is -1.30. The Bertz CT molecular complexity index is 610. The molecule has 5 nitrogen and oxygen atoms in total. The fourth-order valence-electron chi connectivity index (χ4n) is 2.97. The number of carbonyl (C=O) groups is 2. The highest BCUT2D eigenvalue weighted by molar-refractivity contribution is 6.35. The summed E-state index contributed by atoms with van der Waals surface area (Å²) < 4.78 is 5.08. The third-order valence-electron chi connectivity index (χ3n) is 4.22. The molecule has 1 atom stereocenters. The summed E-state index contributed by atoms with van der Waals surface area (Å²) in [6.45, 7) is 4.41. The van der Waals surface area contributed by atoms with Crippen molar-refractivity contribution < 1.29 is 14.3 Å². The number of hydrogen-bond acceptors (Lipinski definition) is 4. The molecule has 0 bridgehead atoms. The number of ether oxygens (including phenoxy) is 1. The van der Waals surface area contributed by atoms with Gasteiger partial charge in [-0.3, -0.25) is 14.5 Å². The van der Waals surface area contributed by atoms with Gasteiger partial charge in [0, 0.05) is 23.1 Å². The van der Waals surface area contributed by atoms with E-state index in [1.54, 1.807) is 19.1 Å². The van der Waals surface area contributed by atoms with Crippen LogP contribution >= 0.6 is 23.2 Å². The average molecular weight is 387 g/mol. The molecular formula is C18H24Cl2N2O3. The van der Waals surface area contributed by atoms with Crippen LogP contribution in [0.25, 0.3) is 0 Å². The maximum absolute atomic E-state index is 12.1. The second kappa shape index (κ2) is 10.00. The van der Waals surface area contributed by atoms with Crippen LogP contribution in [-0.2, 0) is 20.7 Å². The zero-order valence-electron chi connectivity index (χ0n) is 14.4. The molecule has 0 saturated carbocycles. The summed E-state index contributed by atoms with van der Waals surface area (Å²) in [4.78, 5) is 26.0. The standard InChI is InChI=1S/C18H24Cl2N2O3/c1-2-25-18(24)14-4-3-9-22(11-14)12-17(23)21-8-7-13-5-6-15(19)10-16(13)20/h5-6,10,14H,2-4,7-9,11-12H2,1H3,(H,21,23)/t14-/m1/s1. The first-order valence-corrected chi connectivity index (χ1v) is 9.34. The second-order valence-corrected chi connectivity index (χ2v) is 7.01. The molecule has 1 heterocycles. The van der Waals surface area contributed by atoms with Crippen molar-refractivity contribution in [2.24, 2.45) is 5.92 Å². The molecule has 1 aromatic rings. The van der Waals surface area contributed by atoms with Crippen LogP contribution in [0.4, 0.5) is 0 Å². The molecule has 0 aliphatic carbocycles. The molecule has 25 heavy (non-hydrogen) atoms. The van der Waals surface area contributed by atoms with E-state index in [-0.39, 0.29) is 17.8 Å². The molecule has 1 aromatic carbocycles. The van der Waals surface area contributed by atoms with Crippen molar-refractivity contribution >= 4 is 35.1 Å². The number of esters is 1. The molecule has 1 fully saturated rings. The Morgan fingerprint density at radius 3 is 2.88 bits per heavy atom. The summed E-state index contributed by atoms with van der Waals surface area (Å²) in [5.74, 6) is -0.339. The van der Waals surface area contributed by atoms with Gasteiger partial charge in [-0.2, -0.15) is 0 Å². The molecule has 2 rings (SSSR count). The zero-order valence-corrected chi connectivity index (χ0v) is 15.9. The van der Waals surface area contributed by atoms with Gasteiger partial charge in [0.25, 0.3) is 0 Å².